The fourth-order valence-corrected chi connectivity index (χ4v) is 2.53. The SMILES string of the molecule is COc1cc(C(C)NC(C)c2ccc(Br)cc2)ccc1F. The first-order valence-electron chi connectivity index (χ1n) is 6.86. The van der Waals surface area contributed by atoms with Crippen molar-refractivity contribution in [1.82, 2.24) is 5.32 Å². The van der Waals surface area contributed by atoms with Crippen LogP contribution in [0.4, 0.5) is 4.39 Å². The molecule has 0 amide bonds. The first-order valence-corrected chi connectivity index (χ1v) is 7.65. The van der Waals surface area contributed by atoms with E-state index in [2.05, 4.69) is 47.2 Å². The molecule has 0 bridgehead atoms. The molecule has 0 aromatic heterocycles. The molecule has 2 rings (SSSR count). The van der Waals surface area contributed by atoms with Crippen molar-refractivity contribution in [2.75, 3.05) is 7.11 Å². The molecule has 0 heterocycles. The van der Waals surface area contributed by atoms with Gasteiger partial charge in [0.25, 0.3) is 0 Å². The van der Waals surface area contributed by atoms with E-state index in [1.807, 2.05) is 12.1 Å². The second-order valence-electron chi connectivity index (χ2n) is 5.06. The molecule has 0 saturated carbocycles. The van der Waals surface area contributed by atoms with Crippen molar-refractivity contribution in [1.29, 1.82) is 0 Å². The first-order chi connectivity index (χ1) is 10.0. The maximum Gasteiger partial charge on any atom is 0.165 e. The van der Waals surface area contributed by atoms with E-state index in [0.29, 0.717) is 0 Å². The zero-order chi connectivity index (χ0) is 15.4. The molecular weight excluding hydrogens is 333 g/mol. The van der Waals surface area contributed by atoms with Gasteiger partial charge in [0.05, 0.1) is 7.11 Å². The Morgan fingerprint density at radius 3 is 2.19 bits per heavy atom. The van der Waals surface area contributed by atoms with Gasteiger partial charge in [-0.05, 0) is 49.2 Å². The highest BCUT2D eigenvalue weighted by atomic mass is 79.9. The topological polar surface area (TPSA) is 21.3 Å². The van der Waals surface area contributed by atoms with Crippen molar-refractivity contribution < 1.29 is 9.13 Å². The van der Waals surface area contributed by atoms with Crippen LogP contribution in [0.3, 0.4) is 0 Å². The number of benzene rings is 2. The van der Waals surface area contributed by atoms with Crippen LogP contribution in [0.5, 0.6) is 5.75 Å². The molecule has 21 heavy (non-hydrogen) atoms. The molecule has 2 atom stereocenters. The van der Waals surface area contributed by atoms with Crippen molar-refractivity contribution in [3.8, 4) is 5.75 Å². The van der Waals surface area contributed by atoms with Gasteiger partial charge >= 0.3 is 0 Å². The summed E-state index contributed by atoms with van der Waals surface area (Å²) in [5.74, 6) is -0.0631. The summed E-state index contributed by atoms with van der Waals surface area (Å²) < 4.78 is 19.5. The molecule has 0 fully saturated rings. The number of nitrogens with one attached hydrogen (secondary N) is 1. The van der Waals surface area contributed by atoms with E-state index < -0.39 is 0 Å². The molecule has 1 N–H and O–H groups in total. The number of rotatable bonds is 5. The zero-order valence-electron chi connectivity index (χ0n) is 12.4. The molecule has 2 nitrogen and oxygen atoms in total. The molecule has 0 aliphatic rings. The van der Waals surface area contributed by atoms with Gasteiger partial charge < -0.3 is 10.1 Å². The van der Waals surface area contributed by atoms with Crippen LogP contribution in [-0.2, 0) is 0 Å². The van der Waals surface area contributed by atoms with Crippen molar-refractivity contribution >= 4 is 15.9 Å². The Hall–Kier alpha value is -1.39. The van der Waals surface area contributed by atoms with Crippen LogP contribution in [0.15, 0.2) is 46.9 Å². The standard InChI is InChI=1S/C17H19BrFNO/c1-11(13-4-7-15(18)8-5-13)20-12(2)14-6-9-16(19)17(10-14)21-3/h4-12,20H,1-3H3. The number of methoxy groups -OCH3 is 1. The Bertz CT molecular complexity index is 600. The minimum Gasteiger partial charge on any atom is -0.494 e. The van der Waals surface area contributed by atoms with Crippen molar-refractivity contribution in [3.63, 3.8) is 0 Å². The Morgan fingerprint density at radius 1 is 1.00 bits per heavy atom. The molecule has 2 aromatic rings. The monoisotopic (exact) mass is 351 g/mol. The van der Waals surface area contributed by atoms with E-state index in [0.717, 1.165) is 10.0 Å². The third-order valence-electron chi connectivity index (χ3n) is 3.55. The third-order valence-corrected chi connectivity index (χ3v) is 4.07. The summed E-state index contributed by atoms with van der Waals surface area (Å²) in [6, 6.07) is 13.5. The second-order valence-corrected chi connectivity index (χ2v) is 5.97. The van der Waals surface area contributed by atoms with Crippen LogP contribution in [0.25, 0.3) is 0 Å². The Morgan fingerprint density at radius 2 is 1.57 bits per heavy atom. The minimum absolute atomic E-state index is 0.0955. The fourth-order valence-electron chi connectivity index (χ4n) is 2.26. The number of hydrogen-bond donors (Lipinski definition) is 1. The maximum atomic E-state index is 13.4. The second kappa shape index (κ2) is 7.05. The van der Waals surface area contributed by atoms with Crippen LogP contribution >= 0.6 is 15.9 Å². The summed E-state index contributed by atoms with van der Waals surface area (Å²) in [7, 11) is 1.48. The molecule has 2 aromatic carbocycles. The van der Waals surface area contributed by atoms with Gasteiger partial charge in [-0.1, -0.05) is 34.1 Å². The molecule has 0 spiro atoms. The normalized spacial score (nSPS) is 13.8. The summed E-state index contributed by atoms with van der Waals surface area (Å²) >= 11 is 3.43. The summed E-state index contributed by atoms with van der Waals surface area (Å²) in [5, 5.41) is 3.51. The first kappa shape index (κ1) is 16.0. The summed E-state index contributed by atoms with van der Waals surface area (Å²) in [5.41, 5.74) is 2.20. The van der Waals surface area contributed by atoms with Gasteiger partial charge in [0.2, 0.25) is 0 Å². The van der Waals surface area contributed by atoms with Crippen LogP contribution in [0.2, 0.25) is 0 Å². The summed E-state index contributed by atoms with van der Waals surface area (Å²) in [4.78, 5) is 0. The van der Waals surface area contributed by atoms with Crippen molar-refractivity contribution in [2.45, 2.75) is 25.9 Å². The molecule has 2 unspecified atom stereocenters. The molecule has 0 aliphatic heterocycles. The van der Waals surface area contributed by atoms with Gasteiger partial charge in [-0.2, -0.15) is 0 Å². The summed E-state index contributed by atoms with van der Waals surface area (Å²) in [6.45, 7) is 4.17. The van der Waals surface area contributed by atoms with Gasteiger partial charge in [0, 0.05) is 16.6 Å². The highest BCUT2D eigenvalue weighted by molar-refractivity contribution is 9.10. The van der Waals surface area contributed by atoms with Crippen LogP contribution in [0.1, 0.15) is 37.1 Å². The van der Waals surface area contributed by atoms with E-state index in [-0.39, 0.29) is 23.7 Å². The van der Waals surface area contributed by atoms with Gasteiger partial charge in [0.15, 0.2) is 11.6 Å². The van der Waals surface area contributed by atoms with Gasteiger partial charge in [-0.25, -0.2) is 4.39 Å². The average molecular weight is 352 g/mol. The van der Waals surface area contributed by atoms with Crippen molar-refractivity contribution in [3.05, 3.63) is 63.9 Å². The lowest BCUT2D eigenvalue weighted by atomic mass is 10.0. The molecule has 0 aliphatic carbocycles. The van der Waals surface area contributed by atoms with Gasteiger partial charge in [-0.3, -0.25) is 0 Å². The van der Waals surface area contributed by atoms with Crippen LogP contribution in [-0.4, -0.2) is 7.11 Å². The maximum absolute atomic E-state index is 13.4. The van der Waals surface area contributed by atoms with E-state index in [4.69, 9.17) is 4.74 Å². The van der Waals surface area contributed by atoms with Gasteiger partial charge in [-0.15, -0.1) is 0 Å². The highest BCUT2D eigenvalue weighted by Crippen LogP contribution is 2.25. The van der Waals surface area contributed by atoms with Crippen molar-refractivity contribution in [2.24, 2.45) is 0 Å². The number of hydrogen-bond acceptors (Lipinski definition) is 2. The Balaban J connectivity index is 2.10. The average Bonchev–Trinajstić information content (AvgIpc) is 2.48. The minimum atomic E-state index is -0.339. The zero-order valence-corrected chi connectivity index (χ0v) is 13.9. The lowest BCUT2D eigenvalue weighted by molar-refractivity contribution is 0.384. The lowest BCUT2D eigenvalue weighted by Crippen LogP contribution is -2.22. The molecule has 0 radical (unpaired) electrons. The van der Waals surface area contributed by atoms with E-state index in [9.17, 15) is 4.39 Å². The molecule has 0 saturated heterocycles. The Labute approximate surface area is 133 Å². The lowest BCUT2D eigenvalue weighted by Gasteiger charge is -2.21. The molecule has 112 valence electrons. The largest absolute Gasteiger partial charge is 0.494 e. The smallest absolute Gasteiger partial charge is 0.165 e. The van der Waals surface area contributed by atoms with Gasteiger partial charge in [0.1, 0.15) is 0 Å². The van der Waals surface area contributed by atoms with Crippen LogP contribution in [0, 0.1) is 5.82 Å². The van der Waals surface area contributed by atoms with Crippen LogP contribution < -0.4 is 10.1 Å². The number of ether oxygens (including phenoxy) is 1. The van der Waals surface area contributed by atoms with E-state index >= 15 is 0 Å². The third kappa shape index (κ3) is 4.05. The van der Waals surface area contributed by atoms with E-state index in [1.54, 1.807) is 12.1 Å². The predicted octanol–water partition coefficient (Wildman–Crippen LogP) is 5.01. The molecular formula is C17H19BrFNO. The fraction of sp³-hybridized carbons (Fsp3) is 0.294. The molecule has 4 heteroatoms. The summed E-state index contributed by atoms with van der Waals surface area (Å²) in [6.07, 6.45) is 0. The van der Waals surface area contributed by atoms with E-state index in [1.165, 1.54) is 18.7 Å². The highest BCUT2D eigenvalue weighted by Gasteiger charge is 2.13. The Kier molecular flexibility index (Phi) is 5.37. The predicted molar refractivity (Wildman–Crippen MR) is 87.1 cm³/mol. The quantitative estimate of drug-likeness (QED) is 0.817. The number of halogens is 2.